The quantitative estimate of drug-likeness (QED) is 0.400. The van der Waals surface area contributed by atoms with Crippen LogP contribution in [0.15, 0.2) is 84.9 Å². The van der Waals surface area contributed by atoms with E-state index >= 15 is 0 Å². The van der Waals surface area contributed by atoms with Crippen molar-refractivity contribution < 1.29 is 14.6 Å². The van der Waals surface area contributed by atoms with Gasteiger partial charge in [0.2, 0.25) is 5.91 Å². The lowest BCUT2D eigenvalue weighted by Gasteiger charge is -2.21. The second-order valence-electron chi connectivity index (χ2n) is 7.80. The highest BCUT2D eigenvalue weighted by Gasteiger charge is 2.26. The molecule has 0 saturated heterocycles. The summed E-state index contributed by atoms with van der Waals surface area (Å²) in [5, 5.41) is 12.7. The molecule has 0 spiro atoms. The van der Waals surface area contributed by atoms with E-state index in [2.05, 4.69) is 10.2 Å². The van der Waals surface area contributed by atoms with E-state index in [1.54, 1.807) is 24.3 Å². The molecule has 2 N–H and O–H groups in total. The van der Waals surface area contributed by atoms with Crippen LogP contribution < -0.4 is 10.1 Å². The van der Waals surface area contributed by atoms with Crippen molar-refractivity contribution in [3.63, 3.8) is 0 Å². The van der Waals surface area contributed by atoms with E-state index in [0.29, 0.717) is 12.3 Å². The van der Waals surface area contributed by atoms with E-state index < -0.39 is 5.92 Å². The Hall–Kier alpha value is -3.57. The van der Waals surface area contributed by atoms with Gasteiger partial charge < -0.3 is 20.1 Å². The number of likely N-dealkylation sites (N-methyl/N-ethyl adjacent to an activating group) is 1. The van der Waals surface area contributed by atoms with Gasteiger partial charge in [0.15, 0.2) is 0 Å². The van der Waals surface area contributed by atoms with Gasteiger partial charge in [-0.25, -0.2) is 0 Å². The minimum atomic E-state index is -0.529. The lowest BCUT2D eigenvalue weighted by molar-refractivity contribution is -0.116. The highest BCUT2D eigenvalue weighted by atomic mass is 16.5. The number of phenols is 1. The standard InChI is InChI=1S/C27H30N2O3.C2H6/c1-4-25(20-8-6-5-7-9-20)26(21-10-14-23(30)15-11-21)27(31)28-22-12-16-24(17-13-22)32-19-18-29(2)3;1-2/h4-17,26,30H,18-19H2,1-3H3,(H,28,31);1-2H3/b25-4+;. The fourth-order valence-corrected chi connectivity index (χ4v) is 3.46. The van der Waals surface area contributed by atoms with Gasteiger partial charge in [-0.3, -0.25) is 4.79 Å². The average molecular weight is 461 g/mol. The smallest absolute Gasteiger partial charge is 0.236 e. The summed E-state index contributed by atoms with van der Waals surface area (Å²) >= 11 is 0. The lowest BCUT2D eigenvalue weighted by atomic mass is 9.85. The molecule has 3 rings (SSSR count). The third-order valence-corrected chi connectivity index (χ3v) is 5.15. The molecule has 0 aromatic heterocycles. The van der Waals surface area contributed by atoms with Gasteiger partial charge in [-0.1, -0.05) is 62.4 Å². The maximum atomic E-state index is 13.5. The Morgan fingerprint density at radius 3 is 2.15 bits per heavy atom. The van der Waals surface area contributed by atoms with Crippen molar-refractivity contribution >= 4 is 17.2 Å². The molecule has 5 nitrogen and oxygen atoms in total. The summed E-state index contributed by atoms with van der Waals surface area (Å²) in [7, 11) is 4.00. The molecule has 0 fully saturated rings. The summed E-state index contributed by atoms with van der Waals surface area (Å²) < 4.78 is 5.73. The first-order chi connectivity index (χ1) is 16.5. The predicted molar refractivity (Wildman–Crippen MR) is 141 cm³/mol. The van der Waals surface area contributed by atoms with Gasteiger partial charge in [0, 0.05) is 12.2 Å². The zero-order chi connectivity index (χ0) is 24.9. The second-order valence-corrected chi connectivity index (χ2v) is 7.80. The molecule has 0 aliphatic rings. The zero-order valence-corrected chi connectivity index (χ0v) is 20.8. The third-order valence-electron chi connectivity index (χ3n) is 5.15. The first-order valence-corrected chi connectivity index (χ1v) is 11.7. The summed E-state index contributed by atoms with van der Waals surface area (Å²) in [6.07, 6.45) is 1.97. The van der Waals surface area contributed by atoms with Crippen molar-refractivity contribution in [2.24, 2.45) is 0 Å². The minimum Gasteiger partial charge on any atom is -0.508 e. The van der Waals surface area contributed by atoms with Crippen molar-refractivity contribution in [2.75, 3.05) is 32.6 Å². The first-order valence-electron chi connectivity index (χ1n) is 11.7. The number of anilines is 1. The van der Waals surface area contributed by atoms with Crippen molar-refractivity contribution in [1.82, 2.24) is 4.90 Å². The average Bonchev–Trinajstić information content (AvgIpc) is 2.86. The van der Waals surface area contributed by atoms with Crippen LogP contribution in [-0.4, -0.2) is 43.2 Å². The summed E-state index contributed by atoms with van der Waals surface area (Å²) in [5.74, 6) is 0.255. The van der Waals surface area contributed by atoms with Gasteiger partial charge in [0.05, 0.1) is 5.92 Å². The Morgan fingerprint density at radius 2 is 1.59 bits per heavy atom. The number of carbonyl (C=O) groups is 1. The molecule has 180 valence electrons. The van der Waals surface area contributed by atoms with Gasteiger partial charge >= 0.3 is 0 Å². The first kappa shape index (κ1) is 26.7. The van der Waals surface area contributed by atoms with E-state index in [1.807, 2.05) is 95.5 Å². The highest BCUT2D eigenvalue weighted by Crippen LogP contribution is 2.34. The van der Waals surface area contributed by atoms with E-state index in [-0.39, 0.29) is 11.7 Å². The van der Waals surface area contributed by atoms with E-state index in [9.17, 15) is 9.90 Å². The second kappa shape index (κ2) is 13.9. The molecule has 0 aliphatic carbocycles. The monoisotopic (exact) mass is 460 g/mol. The number of carbonyl (C=O) groups excluding carboxylic acids is 1. The number of nitrogens with one attached hydrogen (secondary N) is 1. The normalized spacial score (nSPS) is 11.9. The minimum absolute atomic E-state index is 0.145. The largest absolute Gasteiger partial charge is 0.508 e. The maximum absolute atomic E-state index is 13.5. The Labute approximate surface area is 203 Å². The number of amides is 1. The molecule has 0 saturated carbocycles. The topological polar surface area (TPSA) is 61.8 Å². The van der Waals surface area contributed by atoms with Crippen LogP contribution >= 0.6 is 0 Å². The van der Waals surface area contributed by atoms with Crippen LogP contribution in [0, 0.1) is 0 Å². The number of nitrogens with zero attached hydrogens (tertiary/aromatic N) is 1. The number of benzene rings is 3. The van der Waals surface area contributed by atoms with Crippen LogP contribution in [0.5, 0.6) is 11.5 Å². The fraction of sp³-hybridized carbons (Fsp3) is 0.276. The Bertz CT molecular complexity index is 1030. The number of allylic oxidation sites excluding steroid dienone is 1. The van der Waals surface area contributed by atoms with Crippen molar-refractivity contribution in [1.29, 1.82) is 0 Å². The summed E-state index contributed by atoms with van der Waals surface area (Å²) in [6, 6.07) is 24.0. The van der Waals surface area contributed by atoms with Gasteiger partial charge in [0.1, 0.15) is 18.1 Å². The highest BCUT2D eigenvalue weighted by molar-refractivity contribution is 6.04. The maximum Gasteiger partial charge on any atom is 0.236 e. The van der Waals surface area contributed by atoms with Gasteiger partial charge in [0.25, 0.3) is 0 Å². The molecule has 1 atom stereocenters. The van der Waals surface area contributed by atoms with Crippen LogP contribution in [0.25, 0.3) is 5.57 Å². The summed E-state index contributed by atoms with van der Waals surface area (Å²) in [6.45, 7) is 7.37. The molecule has 1 unspecified atom stereocenters. The number of hydrogen-bond acceptors (Lipinski definition) is 4. The van der Waals surface area contributed by atoms with Gasteiger partial charge in [-0.15, -0.1) is 0 Å². The number of rotatable bonds is 9. The number of phenolic OH excluding ortho intramolecular Hbond substituents is 1. The predicted octanol–water partition coefficient (Wildman–Crippen LogP) is 6.18. The fourth-order valence-electron chi connectivity index (χ4n) is 3.46. The number of hydrogen-bond donors (Lipinski definition) is 2. The zero-order valence-electron chi connectivity index (χ0n) is 20.8. The molecule has 0 heterocycles. The van der Waals surface area contributed by atoms with Crippen LogP contribution in [0.3, 0.4) is 0 Å². The molecule has 0 radical (unpaired) electrons. The van der Waals surface area contributed by atoms with Crippen molar-refractivity contribution in [3.8, 4) is 11.5 Å². The Morgan fingerprint density at radius 1 is 0.971 bits per heavy atom. The Kier molecular flexibility index (Phi) is 10.9. The molecular formula is C29H36N2O3. The van der Waals surface area contributed by atoms with E-state index in [4.69, 9.17) is 4.74 Å². The molecule has 0 aliphatic heterocycles. The SMILES string of the molecule is C/C=C(\c1ccccc1)C(C(=O)Nc1ccc(OCCN(C)C)cc1)c1ccc(O)cc1.CC. The summed E-state index contributed by atoms with van der Waals surface area (Å²) in [4.78, 5) is 15.5. The van der Waals surface area contributed by atoms with Crippen LogP contribution in [0.4, 0.5) is 5.69 Å². The van der Waals surface area contributed by atoms with Crippen LogP contribution in [0.1, 0.15) is 37.8 Å². The molecule has 3 aromatic carbocycles. The lowest BCUT2D eigenvalue weighted by Crippen LogP contribution is -2.22. The van der Waals surface area contributed by atoms with Crippen LogP contribution in [-0.2, 0) is 4.79 Å². The van der Waals surface area contributed by atoms with E-state index in [1.165, 1.54) is 0 Å². The molecule has 34 heavy (non-hydrogen) atoms. The number of aromatic hydroxyl groups is 1. The molecule has 0 bridgehead atoms. The van der Waals surface area contributed by atoms with Crippen molar-refractivity contribution in [2.45, 2.75) is 26.7 Å². The molecule has 1 amide bonds. The summed E-state index contributed by atoms with van der Waals surface area (Å²) in [5.41, 5.74) is 3.38. The third kappa shape index (κ3) is 7.78. The molecule has 5 heteroatoms. The van der Waals surface area contributed by atoms with Crippen molar-refractivity contribution in [3.05, 3.63) is 96.1 Å². The number of ether oxygens (including phenoxy) is 1. The van der Waals surface area contributed by atoms with Gasteiger partial charge in [-0.2, -0.15) is 0 Å². The van der Waals surface area contributed by atoms with Gasteiger partial charge in [-0.05, 0) is 74.1 Å². The Balaban J connectivity index is 0.00000199. The molecule has 3 aromatic rings. The molecular weight excluding hydrogens is 424 g/mol. The van der Waals surface area contributed by atoms with Crippen LogP contribution in [0.2, 0.25) is 0 Å². The van der Waals surface area contributed by atoms with E-state index in [0.717, 1.165) is 29.0 Å².